The van der Waals surface area contributed by atoms with Crippen LogP contribution in [0.3, 0.4) is 0 Å². The van der Waals surface area contributed by atoms with Gasteiger partial charge in [0.1, 0.15) is 11.9 Å². The van der Waals surface area contributed by atoms with Crippen LogP contribution in [-0.2, 0) is 16.0 Å². The molecule has 2 aromatic carbocycles. The third-order valence-corrected chi connectivity index (χ3v) is 8.08. The van der Waals surface area contributed by atoms with E-state index in [9.17, 15) is 4.79 Å². The third-order valence-electron chi connectivity index (χ3n) is 8.08. The highest BCUT2D eigenvalue weighted by atomic mass is 16.5. The summed E-state index contributed by atoms with van der Waals surface area (Å²) >= 11 is 0. The number of piperidine rings is 3. The number of hydrogen-bond donors (Lipinski definition) is 0. The molecule has 3 aliphatic heterocycles. The second-order valence-electron chi connectivity index (χ2n) is 9.83. The molecule has 5 heteroatoms. The average Bonchev–Trinajstić information content (AvgIpc) is 3.35. The first kappa shape index (κ1) is 22.1. The van der Waals surface area contributed by atoms with Crippen molar-refractivity contribution in [2.75, 3.05) is 20.2 Å². The summed E-state index contributed by atoms with van der Waals surface area (Å²) in [4.78, 5) is 20.7. The van der Waals surface area contributed by atoms with Gasteiger partial charge in [-0.2, -0.15) is 0 Å². The lowest BCUT2D eigenvalue weighted by Crippen LogP contribution is -2.55. The molecule has 1 unspecified atom stereocenters. The summed E-state index contributed by atoms with van der Waals surface area (Å²) < 4.78 is 12.0. The van der Waals surface area contributed by atoms with E-state index in [1.165, 1.54) is 5.56 Å². The quantitative estimate of drug-likeness (QED) is 0.361. The van der Waals surface area contributed by atoms with Crippen molar-refractivity contribution in [1.82, 2.24) is 9.88 Å². The molecule has 5 nitrogen and oxygen atoms in total. The fraction of sp³-hybridized carbons (Fsp3) is 0.333. The van der Waals surface area contributed by atoms with Crippen LogP contribution in [0.1, 0.15) is 35.6 Å². The van der Waals surface area contributed by atoms with Gasteiger partial charge in [-0.1, -0.05) is 36.4 Å². The first-order valence-corrected chi connectivity index (χ1v) is 12.4. The molecule has 35 heavy (non-hydrogen) atoms. The number of pyridine rings is 1. The normalized spacial score (nSPS) is 25.6. The summed E-state index contributed by atoms with van der Waals surface area (Å²) in [6.45, 7) is 6.05. The number of carbonyl (C=O) groups excluding carboxylic acids is 1. The third kappa shape index (κ3) is 3.84. The molecule has 0 amide bonds. The highest BCUT2D eigenvalue weighted by molar-refractivity contribution is 6.18. The second kappa shape index (κ2) is 8.97. The number of ether oxygens (including phenoxy) is 2. The van der Waals surface area contributed by atoms with Crippen LogP contribution in [0, 0.1) is 11.8 Å². The molecule has 4 aliphatic rings. The topological polar surface area (TPSA) is 51.7 Å². The van der Waals surface area contributed by atoms with Gasteiger partial charge in [-0.3, -0.25) is 9.88 Å². The average molecular weight is 467 g/mol. The van der Waals surface area contributed by atoms with Crippen molar-refractivity contribution < 1.29 is 14.3 Å². The maximum absolute atomic E-state index is 13.7. The predicted molar refractivity (Wildman–Crippen MR) is 137 cm³/mol. The van der Waals surface area contributed by atoms with Gasteiger partial charge in [0.25, 0.3) is 0 Å². The van der Waals surface area contributed by atoms with E-state index < -0.39 is 6.10 Å². The molecule has 0 saturated carbocycles. The van der Waals surface area contributed by atoms with Crippen molar-refractivity contribution in [3.05, 3.63) is 90.1 Å². The SMILES string of the molecule is C=C[C@H]1CN2CC[C@H]1C[C@@H]2[C@@H](OC(=O)C1=CCc2ccccc21)c1ccnc2ccc(OC)cc12. The van der Waals surface area contributed by atoms with Crippen LogP contribution in [0.5, 0.6) is 5.75 Å². The molecule has 0 spiro atoms. The molecule has 178 valence electrons. The molecule has 4 heterocycles. The Morgan fingerprint density at radius 3 is 2.91 bits per heavy atom. The number of benzene rings is 2. The molecular formula is C30H30N2O3. The van der Waals surface area contributed by atoms with Gasteiger partial charge in [0.15, 0.2) is 0 Å². The standard InChI is InChI=1S/C30H30N2O3/c1-3-19-18-32-15-13-21(19)16-28(32)29(24-12-14-31-27-11-9-22(34-2)17-26(24)27)35-30(33)25-10-8-20-6-4-5-7-23(20)25/h3-7,9-12,14,17,19,21,28-29H,1,8,13,15-16,18H2,2H3/t19-,21-,28+,29-/m0/s1. The number of allylic oxidation sites excluding steroid dienone is 1. The first-order valence-electron chi connectivity index (χ1n) is 12.4. The van der Waals surface area contributed by atoms with Crippen molar-refractivity contribution in [3.8, 4) is 5.75 Å². The van der Waals surface area contributed by atoms with Crippen molar-refractivity contribution in [3.63, 3.8) is 0 Å². The van der Waals surface area contributed by atoms with Crippen molar-refractivity contribution in [1.29, 1.82) is 0 Å². The van der Waals surface area contributed by atoms with Gasteiger partial charge in [-0.15, -0.1) is 6.58 Å². The summed E-state index contributed by atoms with van der Waals surface area (Å²) in [5.74, 6) is 1.57. The zero-order valence-corrected chi connectivity index (χ0v) is 20.0. The number of nitrogens with zero attached hydrogens (tertiary/aromatic N) is 2. The van der Waals surface area contributed by atoms with Crippen LogP contribution >= 0.6 is 0 Å². The van der Waals surface area contributed by atoms with Gasteiger partial charge in [-0.25, -0.2) is 4.79 Å². The molecule has 5 atom stereocenters. The Hall–Kier alpha value is -3.44. The number of rotatable bonds is 6. The molecule has 3 saturated heterocycles. The fourth-order valence-electron chi connectivity index (χ4n) is 6.22. The number of esters is 1. The summed E-state index contributed by atoms with van der Waals surface area (Å²) in [6.07, 6.45) is 8.43. The molecule has 1 aliphatic carbocycles. The molecule has 2 bridgehead atoms. The maximum Gasteiger partial charge on any atom is 0.339 e. The van der Waals surface area contributed by atoms with Crippen LogP contribution < -0.4 is 4.74 Å². The van der Waals surface area contributed by atoms with E-state index in [1.807, 2.05) is 54.7 Å². The molecule has 3 fully saturated rings. The Morgan fingerprint density at radius 1 is 1.23 bits per heavy atom. The largest absolute Gasteiger partial charge is 0.497 e. The zero-order chi connectivity index (χ0) is 23.9. The molecule has 0 N–H and O–H groups in total. The minimum Gasteiger partial charge on any atom is -0.497 e. The number of methoxy groups -OCH3 is 1. The fourth-order valence-corrected chi connectivity index (χ4v) is 6.22. The van der Waals surface area contributed by atoms with E-state index in [0.717, 1.165) is 60.1 Å². The van der Waals surface area contributed by atoms with E-state index in [1.54, 1.807) is 7.11 Å². The Balaban J connectivity index is 1.41. The van der Waals surface area contributed by atoms with Crippen LogP contribution in [0.15, 0.2) is 73.5 Å². The molecule has 0 radical (unpaired) electrons. The monoisotopic (exact) mass is 466 g/mol. The minimum atomic E-state index is -0.401. The Morgan fingerprint density at radius 2 is 2.11 bits per heavy atom. The molecule has 7 rings (SSSR count). The molecular weight excluding hydrogens is 436 g/mol. The van der Waals surface area contributed by atoms with Crippen molar-refractivity contribution in [2.24, 2.45) is 11.8 Å². The number of carbonyl (C=O) groups is 1. The number of fused-ring (bicyclic) bond motifs is 5. The van der Waals surface area contributed by atoms with E-state index in [0.29, 0.717) is 17.4 Å². The van der Waals surface area contributed by atoms with E-state index in [-0.39, 0.29) is 12.0 Å². The van der Waals surface area contributed by atoms with Gasteiger partial charge in [-0.05, 0) is 73.0 Å². The van der Waals surface area contributed by atoms with Crippen LogP contribution in [0.2, 0.25) is 0 Å². The van der Waals surface area contributed by atoms with Gasteiger partial charge in [0.05, 0.1) is 24.2 Å². The Kier molecular flexibility index (Phi) is 5.65. The number of hydrogen-bond acceptors (Lipinski definition) is 5. The van der Waals surface area contributed by atoms with Gasteiger partial charge < -0.3 is 9.47 Å². The van der Waals surface area contributed by atoms with Crippen LogP contribution in [0.25, 0.3) is 16.5 Å². The Bertz CT molecular complexity index is 1330. The maximum atomic E-state index is 13.7. The van der Waals surface area contributed by atoms with E-state index >= 15 is 0 Å². The molecule has 3 aromatic rings. The number of aromatic nitrogens is 1. The van der Waals surface area contributed by atoms with Gasteiger partial charge in [0, 0.05) is 23.7 Å². The zero-order valence-electron chi connectivity index (χ0n) is 20.0. The smallest absolute Gasteiger partial charge is 0.339 e. The van der Waals surface area contributed by atoms with Crippen LogP contribution in [0.4, 0.5) is 0 Å². The summed E-state index contributed by atoms with van der Waals surface area (Å²) in [6, 6.07) is 16.1. The second-order valence-corrected chi connectivity index (χ2v) is 9.83. The highest BCUT2D eigenvalue weighted by Gasteiger charge is 2.44. The van der Waals surface area contributed by atoms with Crippen molar-refractivity contribution in [2.45, 2.75) is 31.4 Å². The lowest BCUT2D eigenvalue weighted by molar-refractivity contribution is -0.150. The summed E-state index contributed by atoms with van der Waals surface area (Å²) in [5.41, 5.74) is 4.68. The van der Waals surface area contributed by atoms with Gasteiger partial charge >= 0.3 is 5.97 Å². The summed E-state index contributed by atoms with van der Waals surface area (Å²) in [7, 11) is 1.67. The summed E-state index contributed by atoms with van der Waals surface area (Å²) in [5, 5.41) is 0.966. The lowest BCUT2D eigenvalue weighted by atomic mass is 9.73. The molecule has 1 aromatic heterocycles. The predicted octanol–water partition coefficient (Wildman–Crippen LogP) is 5.36. The van der Waals surface area contributed by atoms with Gasteiger partial charge in [0.2, 0.25) is 0 Å². The lowest BCUT2D eigenvalue weighted by Gasteiger charge is -2.51. The van der Waals surface area contributed by atoms with Crippen molar-refractivity contribution >= 4 is 22.4 Å². The van der Waals surface area contributed by atoms with E-state index in [2.05, 4.69) is 28.6 Å². The first-order chi connectivity index (χ1) is 17.2. The van der Waals surface area contributed by atoms with E-state index in [4.69, 9.17) is 9.47 Å². The minimum absolute atomic E-state index is 0.114. The van der Waals surface area contributed by atoms with Crippen LogP contribution in [-0.4, -0.2) is 42.1 Å². The Labute approximate surface area is 206 Å². The highest BCUT2D eigenvalue weighted by Crippen LogP contribution is 2.44.